The Morgan fingerprint density at radius 1 is 1.24 bits per heavy atom. The van der Waals surface area contributed by atoms with Crippen LogP contribution in [-0.4, -0.2) is 42.7 Å². The minimum atomic E-state index is -4.83. The number of anilines is 2. The maximum atomic E-state index is 12.6. The third-order valence-electron chi connectivity index (χ3n) is 3.03. The number of hydrogen-bond donors (Lipinski definition) is 2. The number of para-hydroxylation sites is 1. The van der Waals surface area contributed by atoms with E-state index in [9.17, 15) is 26.4 Å². The highest BCUT2D eigenvalue weighted by molar-refractivity contribution is 7.91. The fraction of sp³-hybridized carbons (Fsp3) is 0.200. The topological polar surface area (TPSA) is 140 Å². The summed E-state index contributed by atoms with van der Waals surface area (Å²) in [4.78, 5) is 23.9. The molecule has 0 aliphatic rings. The molecule has 3 N–H and O–H groups in total. The molecule has 2 aromatic rings. The summed E-state index contributed by atoms with van der Waals surface area (Å²) in [5.74, 6) is 2.55. The van der Waals surface area contributed by atoms with Crippen molar-refractivity contribution in [1.82, 2.24) is 15.0 Å². The zero-order valence-corrected chi connectivity index (χ0v) is 15.7. The molecule has 0 fully saturated rings. The van der Waals surface area contributed by atoms with Crippen molar-refractivity contribution >= 4 is 27.9 Å². The lowest BCUT2D eigenvalue weighted by molar-refractivity contribution is -0.0696. The average molecular weight is 430 g/mol. The zero-order chi connectivity index (χ0) is 21.8. The number of alkyl halides is 3. The molecule has 14 heteroatoms. The Kier molecular flexibility index (Phi) is 6.25. The van der Waals surface area contributed by atoms with Gasteiger partial charge in [-0.05, 0) is 19.1 Å². The molecule has 0 unspecified atom stereocenters. The van der Waals surface area contributed by atoms with E-state index in [2.05, 4.69) is 20.3 Å². The lowest BCUT2D eigenvalue weighted by atomic mass is 10.2. The molecule has 0 saturated heterocycles. The summed E-state index contributed by atoms with van der Waals surface area (Å²) in [6, 6.07) is 3.23. The van der Waals surface area contributed by atoms with Crippen molar-refractivity contribution in [2.24, 2.45) is 5.14 Å². The van der Waals surface area contributed by atoms with E-state index in [1.165, 1.54) is 26.2 Å². The van der Waals surface area contributed by atoms with Crippen LogP contribution in [0.5, 0.6) is 6.01 Å². The van der Waals surface area contributed by atoms with Crippen molar-refractivity contribution in [3.8, 4) is 17.9 Å². The molecule has 2 rings (SSSR count). The van der Waals surface area contributed by atoms with Crippen molar-refractivity contribution in [3.05, 3.63) is 35.7 Å². The molecule has 29 heavy (non-hydrogen) atoms. The van der Waals surface area contributed by atoms with Gasteiger partial charge in [0.25, 0.3) is 0 Å². The number of benzene rings is 1. The zero-order valence-electron chi connectivity index (χ0n) is 14.9. The molecule has 1 aromatic carbocycles. The first-order chi connectivity index (χ1) is 13.4. The van der Waals surface area contributed by atoms with Crippen LogP contribution in [0.1, 0.15) is 11.4 Å². The third kappa shape index (κ3) is 6.02. The molecule has 0 aliphatic heterocycles. The first-order valence-corrected chi connectivity index (χ1v) is 9.00. The number of nitrogens with zero attached hydrogens (tertiary/aromatic N) is 4. The van der Waals surface area contributed by atoms with E-state index in [1.807, 2.05) is 0 Å². The van der Waals surface area contributed by atoms with Gasteiger partial charge < -0.3 is 4.74 Å². The first kappa shape index (κ1) is 21.9. The first-order valence-electron chi connectivity index (χ1n) is 7.50. The number of hydrogen-bond acceptors (Lipinski definition) is 7. The molecule has 0 saturated carbocycles. The molecule has 1 heterocycles. The molecule has 154 valence electrons. The lowest BCUT2D eigenvalue weighted by Crippen LogP contribution is -2.44. The fourth-order valence-corrected chi connectivity index (χ4v) is 2.72. The van der Waals surface area contributed by atoms with Gasteiger partial charge in [0.1, 0.15) is 5.82 Å². The van der Waals surface area contributed by atoms with Gasteiger partial charge in [-0.3, -0.25) is 5.32 Å². The number of halogens is 3. The Labute approximate surface area is 163 Å². The Morgan fingerprint density at radius 2 is 1.90 bits per heavy atom. The average Bonchev–Trinajstić information content (AvgIpc) is 2.58. The summed E-state index contributed by atoms with van der Waals surface area (Å²) in [6.45, 7) is 1.46. The minimum Gasteiger partial charge on any atom is -0.467 e. The van der Waals surface area contributed by atoms with Crippen LogP contribution in [0.25, 0.3) is 0 Å². The smallest absolute Gasteiger partial charge is 0.458 e. The van der Waals surface area contributed by atoms with Gasteiger partial charge in [-0.25, -0.2) is 9.93 Å². The number of urea groups is 1. The van der Waals surface area contributed by atoms with Crippen molar-refractivity contribution < 1.29 is 31.1 Å². The molecule has 0 spiro atoms. The molecule has 10 nitrogen and oxygen atoms in total. The molecule has 2 amide bonds. The molecule has 1 aromatic heterocycles. The summed E-state index contributed by atoms with van der Waals surface area (Å²) in [5, 5.41) is 7.17. The van der Waals surface area contributed by atoms with Crippen molar-refractivity contribution in [3.63, 3.8) is 0 Å². The van der Waals surface area contributed by atoms with Crippen molar-refractivity contribution in [2.45, 2.75) is 13.1 Å². The maximum Gasteiger partial charge on any atom is 0.458 e. The van der Waals surface area contributed by atoms with Crippen LogP contribution in [0, 0.1) is 18.8 Å². The van der Waals surface area contributed by atoms with E-state index >= 15 is 0 Å². The van der Waals surface area contributed by atoms with E-state index in [-0.39, 0.29) is 22.1 Å². The molecule has 0 atom stereocenters. The quantitative estimate of drug-likeness (QED) is 0.698. The Bertz CT molecular complexity index is 1100. The summed E-state index contributed by atoms with van der Waals surface area (Å²) >= 11 is 0. The SMILES string of the molecule is COc1nc(C)nc(NC(=O)N(c2ccccc2C#CC(F)(F)F)S(N)(=O)=O)n1. The van der Waals surface area contributed by atoms with Crippen LogP contribution in [0.2, 0.25) is 0 Å². The summed E-state index contributed by atoms with van der Waals surface area (Å²) < 4.78 is 66.1. The number of ether oxygens (including phenoxy) is 1. The van der Waals surface area contributed by atoms with Crippen LogP contribution in [0.3, 0.4) is 0 Å². The van der Waals surface area contributed by atoms with E-state index in [0.717, 1.165) is 18.1 Å². The van der Waals surface area contributed by atoms with Crippen LogP contribution in [0.15, 0.2) is 24.3 Å². The van der Waals surface area contributed by atoms with E-state index in [0.29, 0.717) is 0 Å². The highest BCUT2D eigenvalue weighted by Crippen LogP contribution is 2.23. The summed E-state index contributed by atoms with van der Waals surface area (Å²) in [6.07, 6.45) is -4.83. The maximum absolute atomic E-state index is 12.6. The monoisotopic (exact) mass is 430 g/mol. The molecule has 0 bridgehead atoms. The number of aromatic nitrogens is 3. The van der Waals surface area contributed by atoms with Gasteiger partial charge in [0.05, 0.1) is 12.8 Å². The molecule has 0 radical (unpaired) electrons. The molecular weight excluding hydrogens is 417 g/mol. The number of carbonyl (C=O) groups excluding carboxylic acids is 1. The Morgan fingerprint density at radius 3 is 2.48 bits per heavy atom. The highest BCUT2D eigenvalue weighted by atomic mass is 32.2. The van der Waals surface area contributed by atoms with E-state index < -0.39 is 33.7 Å². The standard InChI is InChI=1S/C15H13F3N6O4S/c1-9-20-12(22-13(21-9)28-2)23-14(25)24(29(19,26)27)11-6-4-3-5-10(11)7-8-15(16,17)18/h3-6H,1-2H3,(H2,19,26,27)(H,20,21,22,23,25). The molecule has 0 aliphatic carbocycles. The van der Waals surface area contributed by atoms with Crippen molar-refractivity contribution in [1.29, 1.82) is 0 Å². The second-order valence-electron chi connectivity index (χ2n) is 5.20. The number of aryl methyl sites for hydroxylation is 1. The minimum absolute atomic E-state index is 0.0407. The van der Waals surface area contributed by atoms with Gasteiger partial charge in [-0.2, -0.15) is 40.8 Å². The van der Waals surface area contributed by atoms with Gasteiger partial charge in [0, 0.05) is 11.5 Å². The Hall–Kier alpha value is -3.44. The number of amides is 2. The van der Waals surface area contributed by atoms with Gasteiger partial charge in [-0.1, -0.05) is 18.1 Å². The number of methoxy groups -OCH3 is 1. The van der Waals surface area contributed by atoms with Gasteiger partial charge in [0.2, 0.25) is 5.95 Å². The van der Waals surface area contributed by atoms with Gasteiger partial charge in [0.15, 0.2) is 0 Å². The summed E-state index contributed by atoms with van der Waals surface area (Å²) in [7, 11) is -3.51. The van der Waals surface area contributed by atoms with Crippen LogP contribution in [0.4, 0.5) is 29.6 Å². The second kappa shape index (κ2) is 8.29. The lowest BCUT2D eigenvalue weighted by Gasteiger charge is -2.21. The fourth-order valence-electron chi connectivity index (χ4n) is 2.01. The highest BCUT2D eigenvalue weighted by Gasteiger charge is 2.29. The number of rotatable bonds is 4. The van der Waals surface area contributed by atoms with Crippen LogP contribution in [-0.2, 0) is 10.2 Å². The van der Waals surface area contributed by atoms with Gasteiger partial charge >= 0.3 is 28.4 Å². The Balaban J connectivity index is 2.50. The normalized spacial score (nSPS) is 11.2. The predicted molar refractivity (Wildman–Crippen MR) is 95.1 cm³/mol. The number of carbonyl (C=O) groups is 1. The van der Waals surface area contributed by atoms with Crippen LogP contribution < -0.4 is 19.5 Å². The number of nitrogens with two attached hydrogens (primary N) is 1. The summed E-state index contributed by atoms with van der Waals surface area (Å²) in [5.41, 5.74) is -0.902. The van der Waals surface area contributed by atoms with E-state index in [4.69, 9.17) is 9.88 Å². The van der Waals surface area contributed by atoms with Crippen LogP contribution >= 0.6 is 0 Å². The predicted octanol–water partition coefficient (Wildman–Crippen LogP) is 1.34. The van der Waals surface area contributed by atoms with E-state index in [1.54, 1.807) is 5.92 Å². The second-order valence-corrected chi connectivity index (χ2v) is 6.59. The number of nitrogens with one attached hydrogen (secondary N) is 1. The third-order valence-corrected chi connectivity index (χ3v) is 3.90. The van der Waals surface area contributed by atoms with Crippen molar-refractivity contribution in [2.75, 3.05) is 16.7 Å². The van der Waals surface area contributed by atoms with Gasteiger partial charge in [-0.15, -0.1) is 0 Å². The molecular formula is C15H13F3N6O4S. The largest absolute Gasteiger partial charge is 0.467 e.